The zero-order chi connectivity index (χ0) is 13.7. The number of methoxy groups -OCH3 is 2. The summed E-state index contributed by atoms with van der Waals surface area (Å²) in [5.74, 6) is 1.35. The highest BCUT2D eigenvalue weighted by Crippen LogP contribution is 2.31. The number of aliphatic hydroxyl groups is 1. The zero-order valence-electron chi connectivity index (χ0n) is 11.7. The Balaban J connectivity index is 2.93. The topological polar surface area (TPSA) is 50.7 Å². The van der Waals surface area contributed by atoms with Crippen LogP contribution in [0.1, 0.15) is 32.4 Å². The van der Waals surface area contributed by atoms with E-state index in [9.17, 15) is 5.11 Å². The van der Waals surface area contributed by atoms with Crippen LogP contribution in [0.4, 0.5) is 0 Å². The van der Waals surface area contributed by atoms with Gasteiger partial charge >= 0.3 is 0 Å². The van der Waals surface area contributed by atoms with Crippen molar-refractivity contribution >= 4 is 0 Å². The van der Waals surface area contributed by atoms with E-state index in [0.29, 0.717) is 17.5 Å². The van der Waals surface area contributed by atoms with E-state index in [4.69, 9.17) is 9.47 Å². The molecule has 0 aliphatic heterocycles. The van der Waals surface area contributed by atoms with Crippen LogP contribution in [0.3, 0.4) is 0 Å². The van der Waals surface area contributed by atoms with Gasteiger partial charge in [0.05, 0.1) is 20.3 Å². The Bertz CT molecular complexity index is 379. The fourth-order valence-electron chi connectivity index (χ4n) is 1.95. The predicted octanol–water partition coefficient (Wildman–Crippen LogP) is 2.12. The van der Waals surface area contributed by atoms with E-state index in [1.54, 1.807) is 20.3 Å². The molecule has 0 amide bonds. The number of nitrogens with one attached hydrogen (secondary N) is 1. The van der Waals surface area contributed by atoms with Gasteiger partial charge in [-0.15, -0.1) is 0 Å². The molecule has 0 saturated heterocycles. The minimum absolute atomic E-state index is 0.0488. The molecule has 1 rings (SSSR count). The third kappa shape index (κ3) is 3.62. The van der Waals surface area contributed by atoms with Crippen LogP contribution < -0.4 is 14.8 Å². The Morgan fingerprint density at radius 1 is 1.11 bits per heavy atom. The molecular formula is C14H23NO3. The smallest absolute Gasteiger partial charge is 0.128 e. The maximum atomic E-state index is 10.3. The quantitative estimate of drug-likeness (QED) is 0.815. The molecule has 2 unspecified atom stereocenters. The summed E-state index contributed by atoms with van der Waals surface area (Å²) < 4.78 is 10.4. The highest BCUT2D eigenvalue weighted by molar-refractivity contribution is 5.42. The molecule has 4 heteroatoms. The van der Waals surface area contributed by atoms with Gasteiger partial charge in [0.1, 0.15) is 11.5 Å². The number of aliphatic hydroxyl groups excluding tert-OH is 1. The second kappa shape index (κ2) is 6.61. The molecule has 0 radical (unpaired) electrons. The summed E-state index contributed by atoms with van der Waals surface area (Å²) in [4.78, 5) is 0. The van der Waals surface area contributed by atoms with Crippen molar-refractivity contribution in [1.82, 2.24) is 5.32 Å². The summed E-state index contributed by atoms with van der Waals surface area (Å²) in [5.41, 5.74) is 0.763. The van der Waals surface area contributed by atoms with Crippen molar-refractivity contribution in [3.05, 3.63) is 23.8 Å². The minimum atomic E-state index is -0.617. The molecule has 2 N–H and O–H groups in total. The molecule has 1 aromatic carbocycles. The van der Waals surface area contributed by atoms with Gasteiger partial charge in [0, 0.05) is 23.7 Å². The van der Waals surface area contributed by atoms with Crippen LogP contribution >= 0.6 is 0 Å². The molecule has 0 heterocycles. The van der Waals surface area contributed by atoms with Gasteiger partial charge in [0.2, 0.25) is 0 Å². The fraction of sp³-hybridized carbons (Fsp3) is 0.571. The standard InChI is InChI=1S/C14H23NO3/c1-9(2)15-10(3)14(16)12-7-6-11(17-4)8-13(12)18-5/h6-10,14-16H,1-5H3. The Morgan fingerprint density at radius 3 is 2.28 bits per heavy atom. The van der Waals surface area contributed by atoms with Crippen LogP contribution in [0.2, 0.25) is 0 Å². The first-order valence-electron chi connectivity index (χ1n) is 6.15. The van der Waals surface area contributed by atoms with Crippen LogP contribution in [0.15, 0.2) is 18.2 Å². The van der Waals surface area contributed by atoms with Gasteiger partial charge in [-0.3, -0.25) is 0 Å². The number of hydrogen-bond donors (Lipinski definition) is 2. The average molecular weight is 253 g/mol. The average Bonchev–Trinajstić information content (AvgIpc) is 2.36. The van der Waals surface area contributed by atoms with Crippen molar-refractivity contribution < 1.29 is 14.6 Å². The van der Waals surface area contributed by atoms with Gasteiger partial charge in [-0.2, -0.15) is 0 Å². The second-order valence-corrected chi connectivity index (χ2v) is 4.66. The molecule has 0 bridgehead atoms. The predicted molar refractivity (Wildman–Crippen MR) is 72.2 cm³/mol. The van der Waals surface area contributed by atoms with Crippen molar-refractivity contribution in [3.63, 3.8) is 0 Å². The van der Waals surface area contributed by atoms with Crippen LogP contribution in [-0.2, 0) is 0 Å². The number of rotatable bonds is 6. The number of hydrogen-bond acceptors (Lipinski definition) is 4. The molecule has 0 aromatic heterocycles. The van der Waals surface area contributed by atoms with Gasteiger partial charge < -0.3 is 19.9 Å². The third-order valence-corrected chi connectivity index (χ3v) is 2.83. The van der Waals surface area contributed by atoms with E-state index < -0.39 is 6.10 Å². The SMILES string of the molecule is COc1ccc(C(O)C(C)NC(C)C)c(OC)c1. The minimum Gasteiger partial charge on any atom is -0.497 e. The molecule has 18 heavy (non-hydrogen) atoms. The van der Waals surface area contributed by atoms with Gasteiger partial charge in [0.15, 0.2) is 0 Å². The number of ether oxygens (including phenoxy) is 2. The summed E-state index contributed by atoms with van der Waals surface area (Å²) >= 11 is 0. The molecule has 2 atom stereocenters. The molecule has 102 valence electrons. The Kier molecular flexibility index (Phi) is 5.44. The Hall–Kier alpha value is -1.26. The molecule has 0 spiro atoms. The third-order valence-electron chi connectivity index (χ3n) is 2.83. The van der Waals surface area contributed by atoms with Crippen molar-refractivity contribution in [2.75, 3.05) is 14.2 Å². The normalized spacial score (nSPS) is 14.4. The van der Waals surface area contributed by atoms with Crippen LogP contribution in [-0.4, -0.2) is 31.4 Å². The lowest BCUT2D eigenvalue weighted by atomic mass is 10.0. The number of benzene rings is 1. The first kappa shape index (κ1) is 14.8. The van der Waals surface area contributed by atoms with E-state index in [1.807, 2.05) is 19.1 Å². The second-order valence-electron chi connectivity index (χ2n) is 4.66. The largest absolute Gasteiger partial charge is 0.497 e. The molecular weight excluding hydrogens is 230 g/mol. The molecule has 0 aliphatic rings. The highest BCUT2D eigenvalue weighted by Gasteiger charge is 2.20. The van der Waals surface area contributed by atoms with Crippen LogP contribution in [0, 0.1) is 0 Å². The van der Waals surface area contributed by atoms with Crippen LogP contribution in [0.25, 0.3) is 0 Å². The molecule has 0 aliphatic carbocycles. The summed E-state index contributed by atoms with van der Waals surface area (Å²) in [6.45, 7) is 6.05. The van der Waals surface area contributed by atoms with E-state index in [2.05, 4.69) is 19.2 Å². The van der Waals surface area contributed by atoms with Crippen LogP contribution in [0.5, 0.6) is 11.5 Å². The van der Waals surface area contributed by atoms with Crippen molar-refractivity contribution in [2.24, 2.45) is 0 Å². The maximum absolute atomic E-state index is 10.3. The van der Waals surface area contributed by atoms with E-state index in [1.165, 1.54) is 0 Å². The highest BCUT2D eigenvalue weighted by atomic mass is 16.5. The lowest BCUT2D eigenvalue weighted by molar-refractivity contribution is 0.128. The van der Waals surface area contributed by atoms with Crippen molar-refractivity contribution in [1.29, 1.82) is 0 Å². The van der Waals surface area contributed by atoms with Crippen molar-refractivity contribution in [3.8, 4) is 11.5 Å². The Labute approximate surface area is 109 Å². The Morgan fingerprint density at radius 2 is 1.78 bits per heavy atom. The molecule has 4 nitrogen and oxygen atoms in total. The summed E-state index contributed by atoms with van der Waals surface area (Å²) in [5, 5.41) is 13.6. The lowest BCUT2D eigenvalue weighted by Gasteiger charge is -2.24. The molecule has 0 fully saturated rings. The van der Waals surface area contributed by atoms with E-state index >= 15 is 0 Å². The van der Waals surface area contributed by atoms with E-state index in [0.717, 1.165) is 5.56 Å². The molecule has 1 aromatic rings. The molecule has 0 saturated carbocycles. The lowest BCUT2D eigenvalue weighted by Crippen LogP contribution is -2.37. The summed E-state index contributed by atoms with van der Waals surface area (Å²) in [6, 6.07) is 5.70. The maximum Gasteiger partial charge on any atom is 0.128 e. The van der Waals surface area contributed by atoms with Gasteiger partial charge in [-0.25, -0.2) is 0 Å². The van der Waals surface area contributed by atoms with Gasteiger partial charge in [-0.05, 0) is 19.1 Å². The summed E-state index contributed by atoms with van der Waals surface area (Å²) in [7, 11) is 3.19. The zero-order valence-corrected chi connectivity index (χ0v) is 11.7. The summed E-state index contributed by atoms with van der Waals surface area (Å²) in [6.07, 6.45) is -0.617. The monoisotopic (exact) mass is 253 g/mol. The van der Waals surface area contributed by atoms with E-state index in [-0.39, 0.29) is 6.04 Å². The van der Waals surface area contributed by atoms with Gasteiger partial charge in [-0.1, -0.05) is 13.8 Å². The van der Waals surface area contributed by atoms with Crippen molar-refractivity contribution in [2.45, 2.75) is 39.0 Å². The van der Waals surface area contributed by atoms with Gasteiger partial charge in [0.25, 0.3) is 0 Å². The fourth-order valence-corrected chi connectivity index (χ4v) is 1.95. The first-order valence-corrected chi connectivity index (χ1v) is 6.15. The first-order chi connectivity index (χ1) is 8.49.